The van der Waals surface area contributed by atoms with Gasteiger partial charge in [0.1, 0.15) is 5.75 Å². The van der Waals surface area contributed by atoms with Crippen molar-refractivity contribution in [1.82, 2.24) is 4.72 Å². The minimum Gasteiger partial charge on any atom is -0.497 e. The molecular formula is C23H24N2O4S. The molecule has 156 valence electrons. The summed E-state index contributed by atoms with van der Waals surface area (Å²) >= 11 is 0. The fourth-order valence-electron chi connectivity index (χ4n) is 2.97. The molecule has 0 saturated heterocycles. The Kier molecular flexibility index (Phi) is 7.21. The largest absolute Gasteiger partial charge is 0.497 e. The molecule has 6 nitrogen and oxygen atoms in total. The lowest BCUT2D eigenvalue weighted by molar-refractivity contribution is 0.0986. The number of anilines is 1. The minimum absolute atomic E-state index is 0.125. The van der Waals surface area contributed by atoms with Crippen LogP contribution in [-0.4, -0.2) is 34.5 Å². The second kappa shape index (κ2) is 10.0. The van der Waals surface area contributed by atoms with E-state index in [4.69, 9.17) is 4.74 Å². The van der Waals surface area contributed by atoms with Gasteiger partial charge in [0.2, 0.25) is 10.0 Å². The first-order chi connectivity index (χ1) is 14.5. The van der Waals surface area contributed by atoms with Crippen molar-refractivity contribution in [3.63, 3.8) is 0 Å². The van der Waals surface area contributed by atoms with Gasteiger partial charge in [0, 0.05) is 24.3 Å². The van der Waals surface area contributed by atoms with Crippen molar-refractivity contribution in [3.8, 4) is 5.75 Å². The standard InChI is InChI=1S/C23H24N2O4S/c1-29-21-13-15-22(16-14-21)30(27,28)24-17-8-18-25(20-11-6-3-7-12-20)23(26)19-9-4-2-5-10-19/h2-7,9-16,24H,8,17-18H2,1H3. The number of hydrogen-bond donors (Lipinski definition) is 1. The van der Waals surface area contributed by atoms with E-state index >= 15 is 0 Å². The number of nitrogens with zero attached hydrogens (tertiary/aromatic N) is 1. The maximum absolute atomic E-state index is 13.0. The monoisotopic (exact) mass is 424 g/mol. The highest BCUT2D eigenvalue weighted by molar-refractivity contribution is 7.89. The Morgan fingerprint density at radius 2 is 1.50 bits per heavy atom. The number of para-hydroxylation sites is 1. The van der Waals surface area contributed by atoms with E-state index in [1.807, 2.05) is 48.5 Å². The van der Waals surface area contributed by atoms with Gasteiger partial charge in [-0.2, -0.15) is 0 Å². The number of benzene rings is 3. The molecule has 3 aromatic rings. The predicted molar refractivity (Wildman–Crippen MR) is 117 cm³/mol. The number of methoxy groups -OCH3 is 1. The number of rotatable bonds is 9. The van der Waals surface area contributed by atoms with Crippen LogP contribution in [0.25, 0.3) is 0 Å². The van der Waals surface area contributed by atoms with Gasteiger partial charge in [-0.25, -0.2) is 13.1 Å². The Balaban J connectivity index is 1.65. The van der Waals surface area contributed by atoms with Crippen LogP contribution in [0, 0.1) is 0 Å². The molecule has 0 spiro atoms. The molecule has 0 aliphatic carbocycles. The van der Waals surface area contributed by atoms with Crippen LogP contribution in [-0.2, 0) is 10.0 Å². The van der Waals surface area contributed by atoms with Crippen molar-refractivity contribution < 1.29 is 17.9 Å². The number of hydrogen-bond acceptors (Lipinski definition) is 4. The lowest BCUT2D eigenvalue weighted by Crippen LogP contribution is -2.34. The quantitative estimate of drug-likeness (QED) is 0.532. The zero-order chi connectivity index (χ0) is 21.4. The van der Waals surface area contributed by atoms with E-state index in [0.717, 1.165) is 5.69 Å². The highest BCUT2D eigenvalue weighted by Gasteiger charge is 2.18. The topological polar surface area (TPSA) is 75.7 Å². The van der Waals surface area contributed by atoms with Gasteiger partial charge < -0.3 is 9.64 Å². The molecule has 0 aliphatic rings. The molecule has 0 radical (unpaired) electrons. The normalized spacial score (nSPS) is 11.1. The maximum Gasteiger partial charge on any atom is 0.258 e. The number of carbonyl (C=O) groups excluding carboxylic acids is 1. The summed E-state index contributed by atoms with van der Waals surface area (Å²) in [6, 6.07) is 24.6. The first-order valence-electron chi connectivity index (χ1n) is 9.57. The first-order valence-corrected chi connectivity index (χ1v) is 11.1. The molecule has 0 aliphatic heterocycles. The van der Waals surface area contributed by atoms with Crippen molar-refractivity contribution >= 4 is 21.6 Å². The molecule has 0 unspecified atom stereocenters. The summed E-state index contributed by atoms with van der Waals surface area (Å²) in [7, 11) is -2.10. The molecule has 7 heteroatoms. The molecule has 0 aromatic heterocycles. The van der Waals surface area contributed by atoms with Crippen LogP contribution < -0.4 is 14.4 Å². The molecule has 1 N–H and O–H groups in total. The van der Waals surface area contributed by atoms with E-state index in [1.165, 1.54) is 19.2 Å². The molecule has 3 rings (SSSR count). The third-order valence-corrected chi connectivity index (χ3v) is 6.03. The average molecular weight is 425 g/mol. The van der Waals surface area contributed by atoms with E-state index in [0.29, 0.717) is 24.3 Å². The lowest BCUT2D eigenvalue weighted by atomic mass is 10.1. The minimum atomic E-state index is -3.63. The Morgan fingerprint density at radius 1 is 0.900 bits per heavy atom. The summed E-state index contributed by atoms with van der Waals surface area (Å²) in [6.07, 6.45) is 0.461. The molecule has 0 atom stereocenters. The van der Waals surface area contributed by atoms with Crippen LogP contribution in [0.1, 0.15) is 16.8 Å². The third-order valence-electron chi connectivity index (χ3n) is 4.55. The fourth-order valence-corrected chi connectivity index (χ4v) is 4.05. The van der Waals surface area contributed by atoms with Crippen molar-refractivity contribution in [2.75, 3.05) is 25.1 Å². The Hall–Kier alpha value is -3.16. The predicted octanol–water partition coefficient (Wildman–Crippen LogP) is 3.71. The van der Waals surface area contributed by atoms with Crippen LogP contribution in [0.5, 0.6) is 5.75 Å². The van der Waals surface area contributed by atoms with E-state index in [9.17, 15) is 13.2 Å². The SMILES string of the molecule is COc1ccc(S(=O)(=O)NCCCN(C(=O)c2ccccc2)c2ccccc2)cc1. The average Bonchev–Trinajstić information content (AvgIpc) is 2.80. The number of carbonyl (C=O) groups is 1. The maximum atomic E-state index is 13.0. The summed E-state index contributed by atoms with van der Waals surface area (Å²) in [4.78, 5) is 14.8. The van der Waals surface area contributed by atoms with Gasteiger partial charge in [-0.3, -0.25) is 4.79 Å². The highest BCUT2D eigenvalue weighted by atomic mass is 32.2. The lowest BCUT2D eigenvalue weighted by Gasteiger charge is -2.23. The fraction of sp³-hybridized carbons (Fsp3) is 0.174. The summed E-state index contributed by atoms with van der Waals surface area (Å²) in [5, 5.41) is 0. The van der Waals surface area contributed by atoms with Crippen molar-refractivity contribution in [2.24, 2.45) is 0 Å². The molecule has 0 saturated carbocycles. The first kappa shape index (κ1) is 21.5. The van der Waals surface area contributed by atoms with E-state index in [2.05, 4.69) is 4.72 Å². The second-order valence-electron chi connectivity index (χ2n) is 6.59. The molecule has 1 amide bonds. The number of amides is 1. The Morgan fingerprint density at radius 3 is 2.10 bits per heavy atom. The molecule has 0 bridgehead atoms. The van der Waals surface area contributed by atoms with E-state index < -0.39 is 10.0 Å². The van der Waals surface area contributed by atoms with Gasteiger partial charge in [0.25, 0.3) is 5.91 Å². The zero-order valence-corrected chi connectivity index (χ0v) is 17.5. The smallest absolute Gasteiger partial charge is 0.258 e. The van der Waals surface area contributed by atoms with Crippen LogP contribution in [0.4, 0.5) is 5.69 Å². The summed E-state index contributed by atoms with van der Waals surface area (Å²) in [6.45, 7) is 0.586. The number of ether oxygens (including phenoxy) is 1. The van der Waals surface area contributed by atoms with Crippen molar-refractivity contribution in [3.05, 3.63) is 90.5 Å². The second-order valence-corrected chi connectivity index (χ2v) is 8.35. The summed E-state index contributed by atoms with van der Waals surface area (Å²) < 4.78 is 32.6. The Bertz CT molecular complexity index is 1050. The van der Waals surface area contributed by atoms with Crippen molar-refractivity contribution in [2.45, 2.75) is 11.3 Å². The molecule has 0 heterocycles. The van der Waals surface area contributed by atoms with Gasteiger partial charge >= 0.3 is 0 Å². The van der Waals surface area contributed by atoms with Crippen LogP contribution in [0.3, 0.4) is 0 Å². The van der Waals surface area contributed by atoms with Gasteiger partial charge in [-0.15, -0.1) is 0 Å². The molecular weight excluding hydrogens is 400 g/mol. The van der Waals surface area contributed by atoms with E-state index in [-0.39, 0.29) is 17.3 Å². The van der Waals surface area contributed by atoms with Gasteiger partial charge in [0.05, 0.1) is 12.0 Å². The van der Waals surface area contributed by atoms with Gasteiger partial charge in [-0.1, -0.05) is 36.4 Å². The summed E-state index contributed by atoms with van der Waals surface area (Å²) in [5.74, 6) is 0.465. The van der Waals surface area contributed by atoms with Gasteiger partial charge in [0.15, 0.2) is 0 Å². The number of sulfonamides is 1. The van der Waals surface area contributed by atoms with E-state index in [1.54, 1.807) is 29.2 Å². The highest BCUT2D eigenvalue weighted by Crippen LogP contribution is 2.18. The van der Waals surface area contributed by atoms with Crippen LogP contribution in [0.15, 0.2) is 89.8 Å². The van der Waals surface area contributed by atoms with Gasteiger partial charge in [-0.05, 0) is 55.0 Å². The molecule has 3 aromatic carbocycles. The molecule has 30 heavy (non-hydrogen) atoms. The Labute approximate surface area is 177 Å². The van der Waals surface area contributed by atoms with Crippen LogP contribution >= 0.6 is 0 Å². The third kappa shape index (κ3) is 5.46. The van der Waals surface area contributed by atoms with Crippen LogP contribution in [0.2, 0.25) is 0 Å². The van der Waals surface area contributed by atoms with Crippen molar-refractivity contribution in [1.29, 1.82) is 0 Å². The molecule has 0 fully saturated rings. The zero-order valence-electron chi connectivity index (χ0n) is 16.7. The summed E-state index contributed by atoms with van der Waals surface area (Å²) in [5.41, 5.74) is 1.35. The number of nitrogens with one attached hydrogen (secondary N) is 1.